The van der Waals surface area contributed by atoms with Crippen molar-refractivity contribution in [1.82, 2.24) is 10.3 Å². The van der Waals surface area contributed by atoms with Crippen molar-refractivity contribution in [3.05, 3.63) is 62.8 Å². The van der Waals surface area contributed by atoms with E-state index in [0.29, 0.717) is 18.1 Å². The Balaban J connectivity index is 1.70. The van der Waals surface area contributed by atoms with Crippen LogP contribution in [-0.2, 0) is 19.6 Å². The fraction of sp³-hybridized carbons (Fsp3) is 0.267. The summed E-state index contributed by atoms with van der Waals surface area (Å²) >= 11 is 0. The Morgan fingerprint density at radius 3 is 2.86 bits per heavy atom. The highest BCUT2D eigenvalue weighted by Crippen LogP contribution is 2.20. The lowest BCUT2D eigenvalue weighted by atomic mass is 10.1. The summed E-state index contributed by atoms with van der Waals surface area (Å²) in [4.78, 5) is 14.6. The Hall–Kier alpha value is -2.47. The molecule has 0 spiro atoms. The Morgan fingerprint density at radius 2 is 2.10 bits per heavy atom. The number of nitrogens with zero attached hydrogens (tertiary/aromatic N) is 2. The third-order valence-electron chi connectivity index (χ3n) is 3.63. The first-order valence-electron chi connectivity index (χ1n) is 6.81. The summed E-state index contributed by atoms with van der Waals surface area (Å²) in [6.07, 6.45) is 0. The molecule has 2 heterocycles. The molecule has 1 aliphatic heterocycles. The van der Waals surface area contributed by atoms with E-state index in [0.717, 1.165) is 13.1 Å². The van der Waals surface area contributed by atoms with Gasteiger partial charge in [-0.25, -0.2) is 4.98 Å². The van der Waals surface area contributed by atoms with E-state index in [1.807, 2.05) is 0 Å². The molecule has 6 nitrogen and oxygen atoms in total. The monoisotopic (exact) mass is 284 g/mol. The van der Waals surface area contributed by atoms with Crippen molar-refractivity contribution in [2.45, 2.75) is 26.6 Å². The predicted molar refractivity (Wildman–Crippen MR) is 79.9 cm³/mol. The van der Waals surface area contributed by atoms with Gasteiger partial charge in [-0.3, -0.25) is 10.1 Å². The molecule has 2 N–H and O–H groups in total. The Bertz CT molecular complexity index is 700. The van der Waals surface area contributed by atoms with Crippen LogP contribution in [-0.4, -0.2) is 9.91 Å². The summed E-state index contributed by atoms with van der Waals surface area (Å²) in [5, 5.41) is 17.3. The topological polar surface area (TPSA) is 80.1 Å². The second-order valence-electron chi connectivity index (χ2n) is 5.12. The number of rotatable bonds is 4. The quantitative estimate of drug-likeness (QED) is 0.666. The SMILES string of the molecule is Cc1nc(NCc2ccc3c(c2)CNC3)ccc1[N+](=O)[O-]. The second kappa shape index (κ2) is 5.49. The average Bonchev–Trinajstić information content (AvgIpc) is 2.92. The van der Waals surface area contributed by atoms with Gasteiger partial charge in [-0.05, 0) is 29.7 Å². The molecule has 3 rings (SSSR count). The van der Waals surface area contributed by atoms with Crippen LogP contribution in [0.2, 0.25) is 0 Å². The molecule has 108 valence electrons. The molecule has 1 aromatic heterocycles. The lowest BCUT2D eigenvalue weighted by Gasteiger charge is -2.08. The van der Waals surface area contributed by atoms with E-state index in [9.17, 15) is 10.1 Å². The van der Waals surface area contributed by atoms with Gasteiger partial charge in [-0.15, -0.1) is 0 Å². The van der Waals surface area contributed by atoms with Crippen LogP contribution in [0.25, 0.3) is 0 Å². The second-order valence-corrected chi connectivity index (χ2v) is 5.12. The van der Waals surface area contributed by atoms with Crippen LogP contribution in [0.5, 0.6) is 0 Å². The number of hydrogen-bond acceptors (Lipinski definition) is 5. The highest BCUT2D eigenvalue weighted by Gasteiger charge is 2.12. The van der Waals surface area contributed by atoms with E-state index in [2.05, 4.69) is 33.8 Å². The highest BCUT2D eigenvalue weighted by atomic mass is 16.6. The zero-order chi connectivity index (χ0) is 14.8. The molecule has 0 aliphatic carbocycles. The summed E-state index contributed by atoms with van der Waals surface area (Å²) in [5.74, 6) is 0.650. The molecule has 2 aromatic rings. The maximum absolute atomic E-state index is 10.8. The maximum atomic E-state index is 10.8. The van der Waals surface area contributed by atoms with E-state index in [4.69, 9.17) is 0 Å². The van der Waals surface area contributed by atoms with Crippen LogP contribution in [0, 0.1) is 17.0 Å². The van der Waals surface area contributed by atoms with E-state index in [-0.39, 0.29) is 5.69 Å². The number of benzene rings is 1. The summed E-state index contributed by atoms with van der Waals surface area (Å²) in [6.45, 7) is 4.14. The minimum Gasteiger partial charge on any atom is -0.366 e. The number of hydrogen-bond donors (Lipinski definition) is 2. The van der Waals surface area contributed by atoms with Gasteiger partial charge in [0.25, 0.3) is 5.69 Å². The molecule has 1 aliphatic rings. The van der Waals surface area contributed by atoms with Crippen LogP contribution < -0.4 is 10.6 Å². The fourth-order valence-corrected chi connectivity index (χ4v) is 2.50. The lowest BCUT2D eigenvalue weighted by molar-refractivity contribution is -0.385. The standard InChI is InChI=1S/C15H16N4O2/c1-10-14(19(20)21)4-5-15(18-10)17-7-11-2-3-12-8-16-9-13(12)6-11/h2-6,16H,7-9H2,1H3,(H,17,18). The first-order chi connectivity index (χ1) is 10.1. The third kappa shape index (κ3) is 2.85. The summed E-state index contributed by atoms with van der Waals surface area (Å²) in [5.41, 5.74) is 4.33. The molecule has 0 saturated carbocycles. The van der Waals surface area contributed by atoms with Crippen molar-refractivity contribution in [2.24, 2.45) is 0 Å². The summed E-state index contributed by atoms with van der Waals surface area (Å²) < 4.78 is 0. The van der Waals surface area contributed by atoms with Crippen LogP contribution in [0.4, 0.5) is 11.5 Å². The average molecular weight is 284 g/mol. The number of fused-ring (bicyclic) bond motifs is 1. The van der Waals surface area contributed by atoms with Gasteiger partial charge in [0.15, 0.2) is 0 Å². The molecule has 0 atom stereocenters. The van der Waals surface area contributed by atoms with Crippen molar-refractivity contribution in [2.75, 3.05) is 5.32 Å². The van der Waals surface area contributed by atoms with Crippen molar-refractivity contribution < 1.29 is 4.92 Å². The minimum absolute atomic E-state index is 0.0455. The first kappa shape index (κ1) is 13.5. The van der Waals surface area contributed by atoms with E-state index in [1.54, 1.807) is 13.0 Å². The number of aryl methyl sites for hydroxylation is 1. The minimum atomic E-state index is -0.417. The number of aromatic nitrogens is 1. The zero-order valence-corrected chi connectivity index (χ0v) is 11.7. The third-order valence-corrected chi connectivity index (χ3v) is 3.63. The molecule has 6 heteroatoms. The lowest BCUT2D eigenvalue weighted by Crippen LogP contribution is -2.04. The van der Waals surface area contributed by atoms with Crippen molar-refractivity contribution in [1.29, 1.82) is 0 Å². The Kier molecular flexibility index (Phi) is 3.53. The smallest absolute Gasteiger partial charge is 0.290 e. The van der Waals surface area contributed by atoms with Gasteiger partial charge in [0.05, 0.1) is 4.92 Å². The number of nitro groups is 1. The van der Waals surface area contributed by atoms with Crippen molar-refractivity contribution >= 4 is 11.5 Å². The van der Waals surface area contributed by atoms with E-state index in [1.165, 1.54) is 22.8 Å². The maximum Gasteiger partial charge on any atom is 0.290 e. The fourth-order valence-electron chi connectivity index (χ4n) is 2.50. The molecule has 1 aromatic carbocycles. The zero-order valence-electron chi connectivity index (χ0n) is 11.7. The van der Waals surface area contributed by atoms with E-state index < -0.39 is 4.92 Å². The van der Waals surface area contributed by atoms with Crippen molar-refractivity contribution in [3.63, 3.8) is 0 Å². The van der Waals surface area contributed by atoms with Crippen LogP contribution >= 0.6 is 0 Å². The van der Waals surface area contributed by atoms with Gasteiger partial charge >= 0.3 is 0 Å². The number of nitrogens with one attached hydrogen (secondary N) is 2. The molecular weight excluding hydrogens is 268 g/mol. The van der Waals surface area contributed by atoms with Crippen LogP contribution in [0.1, 0.15) is 22.4 Å². The predicted octanol–water partition coefficient (Wildman–Crippen LogP) is 2.51. The van der Waals surface area contributed by atoms with Gasteiger partial charge in [-0.1, -0.05) is 18.2 Å². The molecule has 0 amide bonds. The number of anilines is 1. The Morgan fingerprint density at radius 1 is 1.29 bits per heavy atom. The molecule has 0 unspecified atom stereocenters. The number of pyridine rings is 1. The largest absolute Gasteiger partial charge is 0.366 e. The molecule has 0 fully saturated rings. The van der Waals surface area contributed by atoms with Gasteiger partial charge in [0.2, 0.25) is 0 Å². The van der Waals surface area contributed by atoms with Crippen molar-refractivity contribution in [3.8, 4) is 0 Å². The summed E-state index contributed by atoms with van der Waals surface area (Å²) in [6, 6.07) is 9.54. The highest BCUT2D eigenvalue weighted by molar-refractivity contribution is 5.45. The molecule has 21 heavy (non-hydrogen) atoms. The first-order valence-corrected chi connectivity index (χ1v) is 6.81. The molecule has 0 radical (unpaired) electrons. The van der Waals surface area contributed by atoms with Gasteiger partial charge in [0.1, 0.15) is 11.5 Å². The molecular formula is C15H16N4O2. The molecule has 0 saturated heterocycles. The van der Waals surface area contributed by atoms with Gasteiger partial charge < -0.3 is 10.6 Å². The van der Waals surface area contributed by atoms with Gasteiger partial charge in [0, 0.05) is 25.7 Å². The normalized spacial score (nSPS) is 13.0. The van der Waals surface area contributed by atoms with Crippen LogP contribution in [0.15, 0.2) is 30.3 Å². The molecule has 0 bridgehead atoms. The van der Waals surface area contributed by atoms with Gasteiger partial charge in [-0.2, -0.15) is 0 Å². The van der Waals surface area contributed by atoms with E-state index >= 15 is 0 Å². The Labute approximate surface area is 122 Å². The summed E-state index contributed by atoms with van der Waals surface area (Å²) in [7, 11) is 0. The van der Waals surface area contributed by atoms with Crippen LogP contribution in [0.3, 0.4) is 0 Å².